The predicted molar refractivity (Wildman–Crippen MR) is 130 cm³/mol. The molecule has 0 aliphatic heterocycles. The van der Waals surface area contributed by atoms with Crippen LogP contribution >= 0.6 is 11.3 Å². The highest BCUT2D eigenvalue weighted by atomic mass is 32.1. The first-order valence-corrected chi connectivity index (χ1v) is 12.4. The summed E-state index contributed by atoms with van der Waals surface area (Å²) in [6, 6.07) is 15.3. The van der Waals surface area contributed by atoms with Crippen LogP contribution in [-0.4, -0.2) is 40.7 Å². The maximum atomic E-state index is 12.4. The van der Waals surface area contributed by atoms with Crippen LogP contribution in [0, 0.1) is 5.92 Å². The molecule has 180 valence electrons. The van der Waals surface area contributed by atoms with Crippen LogP contribution in [0.2, 0.25) is 0 Å². The molecule has 1 heterocycles. The third-order valence-electron chi connectivity index (χ3n) is 6.37. The first kappa shape index (κ1) is 23.0. The lowest BCUT2D eigenvalue weighted by atomic mass is 9.98. The summed E-state index contributed by atoms with van der Waals surface area (Å²) in [5.41, 5.74) is 4.60. The molecule has 1 aromatic heterocycles. The number of carbonyl (C=O) groups excluding carboxylic acids is 2. The lowest BCUT2D eigenvalue weighted by molar-refractivity contribution is -0.139. The van der Waals surface area contributed by atoms with E-state index in [2.05, 4.69) is 39.9 Å². The topological polar surface area (TPSA) is 118 Å². The van der Waals surface area contributed by atoms with Crippen LogP contribution in [0.25, 0.3) is 11.1 Å². The van der Waals surface area contributed by atoms with E-state index in [1.807, 2.05) is 24.3 Å². The first-order valence-electron chi connectivity index (χ1n) is 11.6. The highest BCUT2D eigenvalue weighted by molar-refractivity contribution is 7.13. The summed E-state index contributed by atoms with van der Waals surface area (Å²) in [6.07, 6.45) is 3.28. The Hall–Kier alpha value is -3.72. The molecule has 0 radical (unpaired) electrons. The zero-order valence-electron chi connectivity index (χ0n) is 18.9. The molecular formula is C26H25N3O5S. The Kier molecular flexibility index (Phi) is 6.50. The molecule has 1 unspecified atom stereocenters. The van der Waals surface area contributed by atoms with Gasteiger partial charge in [-0.1, -0.05) is 61.4 Å². The smallest absolute Gasteiger partial charge is 0.407 e. The summed E-state index contributed by atoms with van der Waals surface area (Å²) < 4.78 is 5.52. The minimum atomic E-state index is -1.04. The minimum Gasteiger partial charge on any atom is -0.480 e. The number of carboxylic acid groups (broad SMARTS) is 1. The van der Waals surface area contributed by atoms with Crippen molar-refractivity contribution in [2.75, 3.05) is 6.61 Å². The lowest BCUT2D eigenvalue weighted by Gasteiger charge is -2.14. The fourth-order valence-electron chi connectivity index (χ4n) is 4.43. The zero-order valence-corrected chi connectivity index (χ0v) is 19.7. The number of fused-ring (bicyclic) bond motifs is 3. The van der Waals surface area contributed by atoms with Crippen LogP contribution in [0.3, 0.4) is 0 Å². The third kappa shape index (κ3) is 5.19. The second-order valence-electron chi connectivity index (χ2n) is 8.84. The van der Waals surface area contributed by atoms with Crippen molar-refractivity contribution < 1.29 is 24.2 Å². The molecule has 1 fully saturated rings. The normalized spacial score (nSPS) is 15.1. The largest absolute Gasteiger partial charge is 0.480 e. The average Bonchev–Trinajstić information content (AvgIpc) is 3.45. The number of nitrogens with zero attached hydrogens (tertiary/aromatic N) is 1. The van der Waals surface area contributed by atoms with Crippen molar-refractivity contribution in [2.24, 2.45) is 5.92 Å². The molecule has 2 aliphatic carbocycles. The Morgan fingerprint density at radius 2 is 1.71 bits per heavy atom. The van der Waals surface area contributed by atoms with E-state index in [0.29, 0.717) is 22.2 Å². The van der Waals surface area contributed by atoms with E-state index in [4.69, 9.17) is 4.74 Å². The van der Waals surface area contributed by atoms with Crippen LogP contribution in [0.5, 0.6) is 0 Å². The van der Waals surface area contributed by atoms with Crippen LogP contribution in [-0.2, 0) is 16.1 Å². The highest BCUT2D eigenvalue weighted by Gasteiger charge is 2.31. The van der Waals surface area contributed by atoms with E-state index in [1.54, 1.807) is 0 Å². The number of amides is 2. The summed E-state index contributed by atoms with van der Waals surface area (Å²) in [5.74, 6) is -1.16. The molecule has 3 N–H and O–H groups in total. The second-order valence-corrected chi connectivity index (χ2v) is 9.96. The first-order chi connectivity index (χ1) is 17.0. The van der Waals surface area contributed by atoms with Crippen molar-refractivity contribution in [3.05, 3.63) is 75.7 Å². The van der Waals surface area contributed by atoms with Gasteiger partial charge >= 0.3 is 12.1 Å². The van der Waals surface area contributed by atoms with Crippen LogP contribution in [0.15, 0.2) is 54.7 Å². The average molecular weight is 492 g/mol. The molecule has 3 aromatic rings. The summed E-state index contributed by atoms with van der Waals surface area (Å²) >= 11 is 1.11. The van der Waals surface area contributed by atoms with Crippen LogP contribution in [0.4, 0.5) is 4.79 Å². The molecule has 2 amide bonds. The molecule has 5 rings (SSSR count). The predicted octanol–water partition coefficient (Wildman–Crippen LogP) is 4.16. The fraction of sp³-hybridized carbons (Fsp3) is 0.308. The number of aromatic nitrogens is 1. The molecule has 8 nitrogen and oxygen atoms in total. The summed E-state index contributed by atoms with van der Waals surface area (Å²) in [5, 5.41) is 15.1. The van der Waals surface area contributed by atoms with Gasteiger partial charge < -0.3 is 20.5 Å². The Balaban J connectivity index is 1.13. The third-order valence-corrected chi connectivity index (χ3v) is 7.37. The molecule has 0 saturated heterocycles. The van der Waals surface area contributed by atoms with Gasteiger partial charge in [-0.3, -0.25) is 4.79 Å². The van der Waals surface area contributed by atoms with Crippen molar-refractivity contribution in [1.82, 2.24) is 15.6 Å². The van der Waals surface area contributed by atoms with Gasteiger partial charge in [0.1, 0.15) is 22.5 Å². The Bertz CT molecular complexity index is 1220. The van der Waals surface area contributed by atoms with Gasteiger partial charge in [-0.15, -0.1) is 11.3 Å². The summed E-state index contributed by atoms with van der Waals surface area (Å²) in [4.78, 5) is 40.7. The number of hydrogen-bond donors (Lipinski definition) is 3. The highest BCUT2D eigenvalue weighted by Crippen LogP contribution is 2.44. The van der Waals surface area contributed by atoms with Crippen LogP contribution < -0.4 is 10.6 Å². The molecule has 0 spiro atoms. The summed E-state index contributed by atoms with van der Waals surface area (Å²) in [7, 11) is 0. The molecular weight excluding hydrogens is 466 g/mol. The number of hydrogen-bond acceptors (Lipinski definition) is 6. The van der Waals surface area contributed by atoms with E-state index < -0.39 is 24.0 Å². The van der Waals surface area contributed by atoms with Gasteiger partial charge in [0.15, 0.2) is 0 Å². The standard InChI is InChI=1S/C26H25N3O5S/c30-24(29-21(25(31)32)11-15-9-10-15)22-12-27-23(35-22)13-28-26(33)34-14-20-18-7-3-1-5-16(18)17-6-2-4-8-19(17)20/h1-8,12,15,20-21H,9-11,13-14H2,(H,28,33)(H,29,30)(H,31,32). The summed E-state index contributed by atoms with van der Waals surface area (Å²) in [6.45, 7) is 0.321. The number of carbonyl (C=O) groups is 3. The number of thiazole rings is 1. The second kappa shape index (κ2) is 9.87. The van der Waals surface area contributed by atoms with Crippen molar-refractivity contribution in [1.29, 1.82) is 0 Å². The number of aliphatic carboxylic acids is 1. The van der Waals surface area contributed by atoms with Crippen molar-refractivity contribution in [2.45, 2.75) is 37.8 Å². The zero-order chi connectivity index (χ0) is 24.4. The molecule has 0 bridgehead atoms. The lowest BCUT2D eigenvalue weighted by Crippen LogP contribution is -2.40. The van der Waals surface area contributed by atoms with E-state index in [0.717, 1.165) is 46.4 Å². The van der Waals surface area contributed by atoms with Gasteiger partial charge in [0.05, 0.1) is 12.7 Å². The molecule has 35 heavy (non-hydrogen) atoms. The van der Waals surface area contributed by atoms with Crippen molar-refractivity contribution in [3.8, 4) is 11.1 Å². The van der Waals surface area contributed by atoms with Gasteiger partial charge in [0, 0.05) is 5.92 Å². The Labute approximate surface area is 206 Å². The molecule has 1 saturated carbocycles. The number of benzene rings is 2. The van der Waals surface area contributed by atoms with Gasteiger partial charge in [0.25, 0.3) is 5.91 Å². The van der Waals surface area contributed by atoms with Gasteiger partial charge in [0.2, 0.25) is 0 Å². The Morgan fingerprint density at radius 3 is 2.34 bits per heavy atom. The molecule has 2 aromatic carbocycles. The number of alkyl carbamates (subject to hydrolysis) is 1. The van der Waals surface area contributed by atoms with Gasteiger partial charge in [-0.25, -0.2) is 14.6 Å². The number of ether oxygens (including phenoxy) is 1. The van der Waals surface area contributed by atoms with Crippen LogP contribution in [0.1, 0.15) is 51.0 Å². The van der Waals surface area contributed by atoms with E-state index in [-0.39, 0.29) is 19.1 Å². The maximum absolute atomic E-state index is 12.4. The van der Waals surface area contributed by atoms with Crippen molar-refractivity contribution in [3.63, 3.8) is 0 Å². The molecule has 2 aliphatic rings. The van der Waals surface area contributed by atoms with Crippen molar-refractivity contribution >= 4 is 29.3 Å². The van der Waals surface area contributed by atoms with E-state index >= 15 is 0 Å². The fourth-order valence-corrected chi connectivity index (χ4v) is 5.19. The van der Waals surface area contributed by atoms with E-state index in [1.165, 1.54) is 6.20 Å². The molecule has 9 heteroatoms. The van der Waals surface area contributed by atoms with Gasteiger partial charge in [-0.05, 0) is 34.6 Å². The number of rotatable bonds is 9. The Morgan fingerprint density at radius 1 is 1.06 bits per heavy atom. The minimum absolute atomic E-state index is 0.0267. The quantitative estimate of drug-likeness (QED) is 0.414. The monoisotopic (exact) mass is 491 g/mol. The number of carboxylic acids is 1. The number of nitrogens with one attached hydrogen (secondary N) is 2. The molecule has 1 atom stereocenters. The maximum Gasteiger partial charge on any atom is 0.407 e. The van der Waals surface area contributed by atoms with E-state index in [9.17, 15) is 19.5 Å². The van der Waals surface area contributed by atoms with Gasteiger partial charge in [-0.2, -0.15) is 0 Å². The SMILES string of the molecule is O=C(NCc1ncc(C(=O)NC(CC2CC2)C(=O)O)s1)OCC1c2ccccc2-c2ccccc21.